The Hall–Kier alpha value is -2.87. The number of nitrogens with one attached hydrogen (secondary N) is 1. The zero-order valence-electron chi connectivity index (χ0n) is 18.1. The Morgan fingerprint density at radius 3 is 2.42 bits per heavy atom. The molecule has 0 aliphatic rings. The summed E-state index contributed by atoms with van der Waals surface area (Å²) < 4.78 is 0. The van der Waals surface area contributed by atoms with E-state index in [1.165, 1.54) is 11.8 Å². The van der Waals surface area contributed by atoms with Crippen molar-refractivity contribution in [1.29, 1.82) is 0 Å². The van der Waals surface area contributed by atoms with Gasteiger partial charge >= 0.3 is 12.0 Å². The van der Waals surface area contributed by atoms with Crippen molar-refractivity contribution in [3.05, 3.63) is 54.4 Å². The molecule has 7 nitrogen and oxygen atoms in total. The largest absolute Gasteiger partial charge is 0.480 e. The molecule has 0 fully saturated rings. The molecule has 8 heteroatoms. The molecule has 2 rings (SSSR count). The first-order chi connectivity index (χ1) is 14.8. The van der Waals surface area contributed by atoms with Crippen LogP contribution in [0.2, 0.25) is 0 Å². The topological polar surface area (TPSA) is 99.6 Å². The Bertz CT molecular complexity index is 889. The van der Waals surface area contributed by atoms with E-state index >= 15 is 0 Å². The van der Waals surface area contributed by atoms with Crippen molar-refractivity contribution in [2.24, 2.45) is 5.92 Å². The molecule has 0 aliphatic heterocycles. The van der Waals surface area contributed by atoms with Crippen molar-refractivity contribution < 1.29 is 19.5 Å². The molecular weight excluding hydrogens is 414 g/mol. The summed E-state index contributed by atoms with van der Waals surface area (Å²) in [6.45, 7) is 6.13. The number of carboxylic acids is 1. The van der Waals surface area contributed by atoms with Gasteiger partial charge in [0, 0.05) is 30.3 Å². The lowest BCUT2D eigenvalue weighted by Crippen LogP contribution is -2.51. The van der Waals surface area contributed by atoms with Crippen molar-refractivity contribution in [3.63, 3.8) is 0 Å². The minimum atomic E-state index is -1.12. The third kappa shape index (κ3) is 7.40. The smallest absolute Gasteiger partial charge is 0.327 e. The summed E-state index contributed by atoms with van der Waals surface area (Å²) in [5.74, 6) is -0.132. The number of urea groups is 1. The fraction of sp³-hybridized carbons (Fsp3) is 0.391. The number of hydrogen-bond donors (Lipinski definition) is 2. The van der Waals surface area contributed by atoms with Crippen LogP contribution in [0.4, 0.5) is 4.79 Å². The third-order valence-corrected chi connectivity index (χ3v) is 5.86. The molecule has 2 N–H and O–H groups in total. The van der Waals surface area contributed by atoms with E-state index in [0.717, 1.165) is 21.8 Å². The summed E-state index contributed by atoms with van der Waals surface area (Å²) in [7, 11) is 0. The molecule has 0 saturated heterocycles. The molecular formula is C23H29N3O4S. The van der Waals surface area contributed by atoms with Crippen molar-refractivity contribution in [1.82, 2.24) is 15.2 Å². The van der Waals surface area contributed by atoms with Crippen LogP contribution in [0, 0.1) is 5.92 Å². The maximum Gasteiger partial charge on any atom is 0.327 e. The number of amides is 3. The van der Waals surface area contributed by atoms with Crippen LogP contribution < -0.4 is 5.32 Å². The zero-order chi connectivity index (χ0) is 22.8. The number of thioether (sulfide) groups is 1. The van der Waals surface area contributed by atoms with Gasteiger partial charge in [-0.3, -0.25) is 14.7 Å². The molecule has 1 atom stereocenters. The number of benzene rings is 1. The molecule has 0 bridgehead atoms. The number of aromatic nitrogens is 1. The molecule has 31 heavy (non-hydrogen) atoms. The summed E-state index contributed by atoms with van der Waals surface area (Å²) in [6.07, 6.45) is 3.90. The van der Waals surface area contributed by atoms with E-state index < -0.39 is 23.9 Å². The molecule has 3 amide bonds. The van der Waals surface area contributed by atoms with Crippen LogP contribution >= 0.6 is 11.8 Å². The third-order valence-electron chi connectivity index (χ3n) is 4.39. The lowest BCUT2D eigenvalue weighted by molar-refractivity contribution is -0.138. The highest BCUT2D eigenvalue weighted by molar-refractivity contribution is 7.99. The second kappa shape index (κ2) is 12.1. The SMILES string of the molecule is CCCN(C(=O)N[C@@H](CSCC(C)C)C(=O)O)C(=O)c1cccc(-c2ccncc2)c1. The molecule has 0 radical (unpaired) electrons. The van der Waals surface area contributed by atoms with Gasteiger partial charge in [0.15, 0.2) is 0 Å². The Labute approximate surface area is 187 Å². The number of pyridine rings is 1. The van der Waals surface area contributed by atoms with Crippen molar-refractivity contribution in [3.8, 4) is 11.1 Å². The van der Waals surface area contributed by atoms with Gasteiger partial charge in [0.05, 0.1) is 0 Å². The number of rotatable bonds is 10. The number of imide groups is 1. The maximum absolute atomic E-state index is 13.1. The Balaban J connectivity index is 2.17. The predicted octanol–water partition coefficient (Wildman–Crippen LogP) is 4.15. The highest BCUT2D eigenvalue weighted by Gasteiger charge is 2.27. The summed E-state index contributed by atoms with van der Waals surface area (Å²) in [5, 5.41) is 12.0. The predicted molar refractivity (Wildman–Crippen MR) is 123 cm³/mol. The number of nitrogens with zero attached hydrogens (tertiary/aromatic N) is 2. The molecule has 0 saturated carbocycles. The van der Waals surface area contributed by atoms with E-state index in [1.54, 1.807) is 30.6 Å². The molecule has 1 heterocycles. The second-order valence-corrected chi connectivity index (χ2v) is 8.62. The summed E-state index contributed by atoms with van der Waals surface area (Å²) in [5.41, 5.74) is 2.10. The zero-order valence-corrected chi connectivity index (χ0v) is 18.9. The van der Waals surface area contributed by atoms with Gasteiger partial charge in [-0.25, -0.2) is 9.59 Å². The number of hydrogen-bond acceptors (Lipinski definition) is 5. The average Bonchev–Trinajstić information content (AvgIpc) is 2.76. The first-order valence-electron chi connectivity index (χ1n) is 10.3. The average molecular weight is 444 g/mol. The normalized spacial score (nSPS) is 11.7. The molecule has 166 valence electrons. The van der Waals surface area contributed by atoms with Crippen LogP contribution in [-0.4, -0.2) is 57.0 Å². The van der Waals surface area contributed by atoms with E-state index in [2.05, 4.69) is 10.3 Å². The molecule has 1 aromatic carbocycles. The van der Waals surface area contributed by atoms with Gasteiger partial charge in [-0.1, -0.05) is 32.9 Å². The van der Waals surface area contributed by atoms with Crippen LogP contribution in [0.25, 0.3) is 11.1 Å². The minimum Gasteiger partial charge on any atom is -0.480 e. The standard InChI is InChI=1S/C23H29N3O4S/c1-4-12-26(23(30)25-20(22(28)29)15-31-14-16(2)3)21(27)19-7-5-6-18(13-19)17-8-10-24-11-9-17/h5-11,13,16,20H,4,12,14-15H2,1-3H3,(H,25,30)(H,28,29)/t20-/m0/s1. The molecule has 1 aromatic heterocycles. The van der Waals surface area contributed by atoms with Crippen LogP contribution in [0.1, 0.15) is 37.6 Å². The lowest BCUT2D eigenvalue weighted by atomic mass is 10.0. The van der Waals surface area contributed by atoms with Crippen molar-refractivity contribution in [2.75, 3.05) is 18.1 Å². The highest BCUT2D eigenvalue weighted by Crippen LogP contribution is 2.20. The number of carboxylic acid groups (broad SMARTS) is 1. The Kier molecular flexibility index (Phi) is 9.52. The van der Waals surface area contributed by atoms with Crippen LogP contribution in [0.15, 0.2) is 48.8 Å². The van der Waals surface area contributed by atoms with Gasteiger partial charge in [-0.05, 0) is 53.5 Å². The van der Waals surface area contributed by atoms with Gasteiger partial charge in [-0.15, -0.1) is 0 Å². The van der Waals surface area contributed by atoms with E-state index in [1.807, 2.05) is 39.0 Å². The van der Waals surface area contributed by atoms with Crippen LogP contribution in [-0.2, 0) is 4.79 Å². The van der Waals surface area contributed by atoms with Gasteiger partial charge in [0.25, 0.3) is 5.91 Å². The molecule has 0 unspecified atom stereocenters. The van der Waals surface area contributed by atoms with E-state index in [4.69, 9.17) is 0 Å². The summed E-state index contributed by atoms with van der Waals surface area (Å²) in [6, 6.07) is 8.93. The van der Waals surface area contributed by atoms with Crippen LogP contribution in [0.3, 0.4) is 0 Å². The van der Waals surface area contributed by atoms with Gasteiger partial charge < -0.3 is 10.4 Å². The second-order valence-electron chi connectivity index (χ2n) is 7.55. The molecule has 0 spiro atoms. The van der Waals surface area contributed by atoms with E-state index in [9.17, 15) is 19.5 Å². The summed E-state index contributed by atoms with van der Waals surface area (Å²) >= 11 is 1.47. The molecule has 0 aliphatic carbocycles. The number of carbonyl (C=O) groups excluding carboxylic acids is 2. The first-order valence-corrected chi connectivity index (χ1v) is 11.4. The fourth-order valence-corrected chi connectivity index (χ4v) is 3.94. The van der Waals surface area contributed by atoms with Gasteiger partial charge in [-0.2, -0.15) is 11.8 Å². The van der Waals surface area contributed by atoms with E-state index in [-0.39, 0.29) is 12.3 Å². The Morgan fingerprint density at radius 2 is 1.81 bits per heavy atom. The highest BCUT2D eigenvalue weighted by atomic mass is 32.2. The summed E-state index contributed by atoms with van der Waals surface area (Å²) in [4.78, 5) is 42.6. The van der Waals surface area contributed by atoms with Gasteiger partial charge in [0.1, 0.15) is 6.04 Å². The van der Waals surface area contributed by atoms with Crippen molar-refractivity contribution >= 4 is 29.7 Å². The van der Waals surface area contributed by atoms with Crippen molar-refractivity contribution in [2.45, 2.75) is 33.2 Å². The first kappa shape index (κ1) is 24.4. The maximum atomic E-state index is 13.1. The quantitative estimate of drug-likeness (QED) is 0.572. The molecule has 2 aromatic rings. The van der Waals surface area contributed by atoms with E-state index in [0.29, 0.717) is 17.9 Å². The number of aliphatic carboxylic acids is 1. The number of carbonyl (C=O) groups is 3. The van der Waals surface area contributed by atoms with Crippen LogP contribution in [0.5, 0.6) is 0 Å². The van der Waals surface area contributed by atoms with Gasteiger partial charge in [0.2, 0.25) is 0 Å². The monoisotopic (exact) mass is 443 g/mol. The fourth-order valence-electron chi connectivity index (χ4n) is 2.87. The Morgan fingerprint density at radius 1 is 1.10 bits per heavy atom. The lowest BCUT2D eigenvalue weighted by Gasteiger charge is -2.23. The minimum absolute atomic E-state index is 0.190.